The van der Waals surface area contributed by atoms with Gasteiger partial charge in [0.1, 0.15) is 5.82 Å². The fraction of sp³-hybridized carbons (Fsp3) is 0.172. The summed E-state index contributed by atoms with van der Waals surface area (Å²) in [6, 6.07) is 17.8. The Bertz CT molecular complexity index is 1780. The normalized spacial score (nSPS) is 11.3. The van der Waals surface area contributed by atoms with Crippen LogP contribution in [0.1, 0.15) is 26.4 Å². The maximum absolute atomic E-state index is 14.1. The van der Waals surface area contributed by atoms with Crippen molar-refractivity contribution in [2.75, 3.05) is 26.0 Å². The molecule has 8 nitrogen and oxygen atoms in total. The Labute approximate surface area is 227 Å². The number of Topliss-reactive ketones (excluding diaryl/α,β-unsaturated/α-hetero) is 1. The number of thioether (sulfide) groups is 1. The highest BCUT2D eigenvalue weighted by molar-refractivity contribution is 7.99. The van der Waals surface area contributed by atoms with Crippen LogP contribution in [-0.2, 0) is 4.74 Å². The summed E-state index contributed by atoms with van der Waals surface area (Å²) in [4.78, 5) is 47.4. The van der Waals surface area contributed by atoms with Crippen LogP contribution < -0.4 is 10.9 Å². The number of amides is 1. The van der Waals surface area contributed by atoms with E-state index < -0.39 is 11.4 Å². The minimum Gasteiger partial charge on any atom is -0.383 e. The zero-order chi connectivity index (χ0) is 27.5. The van der Waals surface area contributed by atoms with Crippen molar-refractivity contribution in [3.8, 4) is 5.69 Å². The lowest BCUT2D eigenvalue weighted by molar-refractivity contribution is 0.0936. The molecule has 0 fully saturated rings. The van der Waals surface area contributed by atoms with Gasteiger partial charge in [0.25, 0.3) is 11.5 Å². The van der Waals surface area contributed by atoms with Crippen molar-refractivity contribution in [3.63, 3.8) is 0 Å². The standard InChI is InChI=1S/C29H25FN4O4S/c1-17-26(21-8-3-4-9-23(21)32-17)25(35)16-39-29-33-24-14-18(27(36)31-12-13-38-2)10-11-22(24)28(37)34(29)20-7-5-6-19(30)15-20/h3-11,14-15,32H,12-13,16H2,1-2H3,(H,31,36). The Morgan fingerprint density at radius 3 is 2.69 bits per heavy atom. The maximum Gasteiger partial charge on any atom is 0.266 e. The van der Waals surface area contributed by atoms with Crippen LogP contribution in [-0.4, -0.2) is 52.2 Å². The van der Waals surface area contributed by atoms with Crippen molar-refractivity contribution >= 4 is 45.3 Å². The number of rotatable bonds is 9. The van der Waals surface area contributed by atoms with Gasteiger partial charge < -0.3 is 15.0 Å². The van der Waals surface area contributed by atoms with Crippen LogP contribution in [0.25, 0.3) is 27.5 Å². The van der Waals surface area contributed by atoms with E-state index in [4.69, 9.17) is 4.74 Å². The minimum atomic E-state index is -0.510. The molecule has 0 aliphatic carbocycles. The van der Waals surface area contributed by atoms with E-state index in [1.165, 1.54) is 34.9 Å². The number of aromatic amines is 1. The number of aryl methyl sites for hydroxylation is 1. The van der Waals surface area contributed by atoms with Crippen molar-refractivity contribution in [2.24, 2.45) is 0 Å². The van der Waals surface area contributed by atoms with E-state index in [-0.39, 0.29) is 33.7 Å². The van der Waals surface area contributed by atoms with E-state index in [2.05, 4.69) is 15.3 Å². The number of H-pyrrole nitrogens is 1. The number of para-hydroxylation sites is 1. The molecule has 0 spiro atoms. The molecule has 5 rings (SSSR count). The van der Waals surface area contributed by atoms with Crippen LogP contribution in [0.15, 0.2) is 76.7 Å². The number of ether oxygens (including phenoxy) is 1. The number of aromatic nitrogens is 3. The van der Waals surface area contributed by atoms with Crippen molar-refractivity contribution in [1.29, 1.82) is 0 Å². The predicted octanol–water partition coefficient (Wildman–Crippen LogP) is 4.67. The number of carbonyl (C=O) groups is 2. The molecule has 10 heteroatoms. The van der Waals surface area contributed by atoms with E-state index in [9.17, 15) is 18.8 Å². The molecule has 0 aliphatic heterocycles. The molecule has 0 unspecified atom stereocenters. The molecule has 0 atom stereocenters. The second kappa shape index (κ2) is 11.2. The topological polar surface area (TPSA) is 106 Å². The van der Waals surface area contributed by atoms with E-state index >= 15 is 0 Å². The molecule has 2 N–H and O–H groups in total. The fourth-order valence-electron chi connectivity index (χ4n) is 4.45. The van der Waals surface area contributed by atoms with E-state index in [1.54, 1.807) is 19.2 Å². The highest BCUT2D eigenvalue weighted by Crippen LogP contribution is 2.27. The Morgan fingerprint density at radius 1 is 1.08 bits per heavy atom. The number of halogens is 1. The van der Waals surface area contributed by atoms with Crippen LogP contribution in [0.2, 0.25) is 0 Å². The second-order valence-corrected chi connectivity index (χ2v) is 9.82. The van der Waals surface area contributed by atoms with Gasteiger partial charge in [-0.1, -0.05) is 36.0 Å². The van der Waals surface area contributed by atoms with Gasteiger partial charge in [-0.05, 0) is 49.4 Å². The molecule has 2 aromatic heterocycles. The highest BCUT2D eigenvalue weighted by Gasteiger charge is 2.20. The Kier molecular flexibility index (Phi) is 7.58. The summed E-state index contributed by atoms with van der Waals surface area (Å²) < 4.78 is 20.4. The van der Waals surface area contributed by atoms with E-state index in [0.717, 1.165) is 28.4 Å². The van der Waals surface area contributed by atoms with Gasteiger partial charge in [0.2, 0.25) is 0 Å². The number of nitrogens with one attached hydrogen (secondary N) is 2. The number of fused-ring (bicyclic) bond motifs is 2. The Morgan fingerprint density at radius 2 is 1.90 bits per heavy atom. The van der Waals surface area contributed by atoms with Crippen molar-refractivity contribution < 1.29 is 18.7 Å². The van der Waals surface area contributed by atoms with Gasteiger partial charge in [-0.2, -0.15) is 0 Å². The molecule has 5 aromatic rings. The lowest BCUT2D eigenvalue weighted by Crippen LogP contribution is -2.27. The van der Waals surface area contributed by atoms with Crippen LogP contribution >= 0.6 is 11.8 Å². The number of hydrogen-bond donors (Lipinski definition) is 2. The van der Waals surface area contributed by atoms with Gasteiger partial charge in [0, 0.05) is 41.4 Å². The first kappa shape index (κ1) is 26.3. The zero-order valence-electron chi connectivity index (χ0n) is 21.3. The average molecular weight is 545 g/mol. The molecule has 0 aliphatic rings. The predicted molar refractivity (Wildman–Crippen MR) is 150 cm³/mol. The molecule has 198 valence electrons. The minimum absolute atomic E-state index is 0.00680. The molecule has 2 heterocycles. The third-order valence-electron chi connectivity index (χ3n) is 6.26. The van der Waals surface area contributed by atoms with Crippen molar-refractivity contribution in [3.05, 3.63) is 99.7 Å². The first-order valence-electron chi connectivity index (χ1n) is 12.2. The van der Waals surface area contributed by atoms with Crippen molar-refractivity contribution in [1.82, 2.24) is 19.9 Å². The van der Waals surface area contributed by atoms with Gasteiger partial charge in [0.05, 0.1) is 29.0 Å². The summed E-state index contributed by atoms with van der Waals surface area (Å²) in [5.41, 5.74) is 2.67. The fourth-order valence-corrected chi connectivity index (χ4v) is 5.34. The van der Waals surface area contributed by atoms with E-state index in [0.29, 0.717) is 29.8 Å². The Balaban J connectivity index is 1.55. The zero-order valence-corrected chi connectivity index (χ0v) is 22.1. The van der Waals surface area contributed by atoms with Crippen LogP contribution in [0.5, 0.6) is 0 Å². The highest BCUT2D eigenvalue weighted by atomic mass is 32.2. The SMILES string of the molecule is COCCNC(=O)c1ccc2c(=O)n(-c3cccc(F)c3)c(SCC(=O)c3c(C)[nH]c4ccccc34)nc2c1. The molecule has 0 saturated carbocycles. The number of nitrogens with zero attached hydrogens (tertiary/aromatic N) is 2. The molecular formula is C29H25FN4O4S. The summed E-state index contributed by atoms with van der Waals surface area (Å²) in [5, 5.41) is 4.03. The molecule has 0 bridgehead atoms. The molecule has 0 saturated heterocycles. The maximum atomic E-state index is 14.1. The smallest absolute Gasteiger partial charge is 0.266 e. The second-order valence-electron chi connectivity index (χ2n) is 8.88. The first-order chi connectivity index (χ1) is 18.9. The molecule has 39 heavy (non-hydrogen) atoms. The summed E-state index contributed by atoms with van der Waals surface area (Å²) in [7, 11) is 1.54. The third-order valence-corrected chi connectivity index (χ3v) is 7.20. The number of ketones is 1. The number of benzene rings is 3. The van der Waals surface area contributed by atoms with Crippen LogP contribution in [0.3, 0.4) is 0 Å². The largest absolute Gasteiger partial charge is 0.383 e. The van der Waals surface area contributed by atoms with Gasteiger partial charge >= 0.3 is 0 Å². The molecule has 1 amide bonds. The number of hydrogen-bond acceptors (Lipinski definition) is 6. The van der Waals surface area contributed by atoms with Gasteiger partial charge in [-0.25, -0.2) is 9.37 Å². The number of methoxy groups -OCH3 is 1. The summed E-state index contributed by atoms with van der Waals surface area (Å²) in [5.74, 6) is -0.984. The molecular weight excluding hydrogens is 519 g/mol. The quantitative estimate of drug-likeness (QED) is 0.121. The van der Waals surface area contributed by atoms with Crippen LogP contribution in [0.4, 0.5) is 4.39 Å². The van der Waals surface area contributed by atoms with Gasteiger partial charge in [-0.15, -0.1) is 0 Å². The summed E-state index contributed by atoms with van der Waals surface area (Å²) >= 11 is 1.08. The summed E-state index contributed by atoms with van der Waals surface area (Å²) in [6.07, 6.45) is 0. The third kappa shape index (κ3) is 5.34. The summed E-state index contributed by atoms with van der Waals surface area (Å²) in [6.45, 7) is 2.53. The van der Waals surface area contributed by atoms with Gasteiger partial charge in [0.15, 0.2) is 10.9 Å². The Hall–Kier alpha value is -4.28. The van der Waals surface area contributed by atoms with Gasteiger partial charge in [-0.3, -0.25) is 19.0 Å². The van der Waals surface area contributed by atoms with Crippen molar-refractivity contribution in [2.45, 2.75) is 12.1 Å². The monoisotopic (exact) mass is 544 g/mol. The average Bonchev–Trinajstić information content (AvgIpc) is 3.27. The number of carbonyl (C=O) groups excluding carboxylic acids is 2. The lowest BCUT2D eigenvalue weighted by atomic mass is 10.1. The lowest BCUT2D eigenvalue weighted by Gasteiger charge is -2.14. The molecule has 3 aromatic carbocycles. The molecule has 0 radical (unpaired) electrons. The van der Waals surface area contributed by atoms with Crippen LogP contribution in [0, 0.1) is 12.7 Å². The van der Waals surface area contributed by atoms with E-state index in [1.807, 2.05) is 31.2 Å². The first-order valence-corrected chi connectivity index (χ1v) is 13.2.